The van der Waals surface area contributed by atoms with Gasteiger partial charge in [-0.2, -0.15) is 0 Å². The highest BCUT2D eigenvalue weighted by Crippen LogP contribution is 2.57. The highest BCUT2D eigenvalue weighted by atomic mass is 35.5. The zero-order chi connectivity index (χ0) is 30.4. The van der Waals surface area contributed by atoms with Crippen molar-refractivity contribution >= 4 is 52.5 Å². The molecule has 2 heterocycles. The number of carbonyl (C=O) groups is 3. The largest absolute Gasteiger partial charge is 0.429 e. The summed E-state index contributed by atoms with van der Waals surface area (Å²) < 4.78 is 21.7. The summed E-state index contributed by atoms with van der Waals surface area (Å²) >= 11 is 12.5. The van der Waals surface area contributed by atoms with Crippen LogP contribution < -0.4 is 21.7 Å². The predicted octanol–water partition coefficient (Wildman–Crippen LogP) is 5.16. The lowest BCUT2D eigenvalue weighted by molar-refractivity contribution is -0.122. The highest BCUT2D eigenvalue weighted by Gasteiger charge is 2.66. The maximum Gasteiger partial charge on any atom is 0.413 e. The lowest BCUT2D eigenvalue weighted by Crippen LogP contribution is -2.50. The number of carbonyl (C=O) groups excluding carboxylic acids is 3. The molecule has 12 heteroatoms. The Balaban J connectivity index is 1.62. The number of nitrogens with two attached hydrogens (primary N) is 1. The maximum absolute atomic E-state index is 15.8. The fourth-order valence-corrected chi connectivity index (χ4v) is 6.31. The van der Waals surface area contributed by atoms with Gasteiger partial charge in [-0.3, -0.25) is 20.2 Å². The van der Waals surface area contributed by atoms with E-state index in [-0.39, 0.29) is 29.2 Å². The first kappa shape index (κ1) is 29.8. The Morgan fingerprint density at radius 1 is 1.14 bits per heavy atom. The third-order valence-electron chi connectivity index (χ3n) is 7.91. The minimum absolute atomic E-state index is 0.0702. The van der Waals surface area contributed by atoms with Crippen molar-refractivity contribution in [3.63, 3.8) is 0 Å². The van der Waals surface area contributed by atoms with Crippen LogP contribution in [-0.2, 0) is 14.9 Å². The van der Waals surface area contributed by atoms with Gasteiger partial charge in [-0.1, -0.05) is 55.2 Å². The summed E-state index contributed by atoms with van der Waals surface area (Å²) in [6.45, 7) is 3.48. The summed E-state index contributed by atoms with van der Waals surface area (Å²) in [5.74, 6) is -2.90. The number of benzene rings is 3. The molecule has 0 aromatic heterocycles. The Bertz CT molecular complexity index is 1570. The number of primary amides is 1. The van der Waals surface area contributed by atoms with Crippen molar-refractivity contribution in [2.75, 3.05) is 17.2 Å². The zero-order valence-corrected chi connectivity index (χ0v) is 24.2. The van der Waals surface area contributed by atoms with Crippen molar-refractivity contribution in [2.24, 2.45) is 11.1 Å². The van der Waals surface area contributed by atoms with Crippen LogP contribution in [0.3, 0.4) is 0 Å². The number of ether oxygens (including phenoxy) is 1. The third kappa shape index (κ3) is 5.20. The van der Waals surface area contributed by atoms with Gasteiger partial charge in [0.1, 0.15) is 11.2 Å². The molecular weight excluding hydrogens is 586 g/mol. The number of rotatable bonds is 7. The van der Waals surface area contributed by atoms with Crippen LogP contribution in [0.5, 0.6) is 0 Å². The quantitative estimate of drug-likeness (QED) is 0.249. The molecule has 0 radical (unpaired) electrons. The van der Waals surface area contributed by atoms with E-state index in [2.05, 4.69) is 16.0 Å². The normalized spacial score (nSPS) is 23.0. The van der Waals surface area contributed by atoms with Gasteiger partial charge in [-0.15, -0.1) is 0 Å². The molecule has 1 fully saturated rings. The van der Waals surface area contributed by atoms with Crippen LogP contribution in [0.4, 0.5) is 20.6 Å². The molecule has 2 aliphatic rings. The van der Waals surface area contributed by atoms with E-state index in [1.165, 1.54) is 36.4 Å². The Hall–Kier alpha value is -3.70. The van der Waals surface area contributed by atoms with Crippen LogP contribution >= 0.6 is 23.2 Å². The number of aliphatic hydroxyl groups excluding tert-OH is 1. The Morgan fingerprint density at radius 3 is 2.52 bits per heavy atom. The van der Waals surface area contributed by atoms with E-state index in [0.717, 1.165) is 0 Å². The molecule has 220 valence electrons. The first-order valence-corrected chi connectivity index (χ1v) is 13.9. The van der Waals surface area contributed by atoms with E-state index in [9.17, 15) is 19.5 Å². The molecule has 5 rings (SSSR count). The van der Waals surface area contributed by atoms with Crippen molar-refractivity contribution in [3.8, 4) is 0 Å². The number of halogens is 3. The number of hydrogen-bond donors (Lipinski definition) is 5. The second-order valence-electron chi connectivity index (χ2n) is 11.3. The molecular formula is C30H29Cl2FN4O5. The van der Waals surface area contributed by atoms with Crippen LogP contribution in [0.15, 0.2) is 60.7 Å². The predicted molar refractivity (Wildman–Crippen MR) is 157 cm³/mol. The lowest BCUT2D eigenvalue weighted by Gasteiger charge is -2.37. The molecule has 3 aromatic carbocycles. The number of hydrogen-bond acceptors (Lipinski definition) is 6. The summed E-state index contributed by atoms with van der Waals surface area (Å²) in [4.78, 5) is 38.7. The van der Waals surface area contributed by atoms with Crippen molar-refractivity contribution in [1.29, 1.82) is 0 Å². The van der Waals surface area contributed by atoms with Gasteiger partial charge in [0.05, 0.1) is 10.9 Å². The molecule has 42 heavy (non-hydrogen) atoms. The van der Waals surface area contributed by atoms with Gasteiger partial charge in [0.2, 0.25) is 11.8 Å². The number of anilines is 2. The van der Waals surface area contributed by atoms with E-state index in [0.29, 0.717) is 22.0 Å². The standard InChI is InChI=1S/C30H29Cl2FN4O5/c1-29(2,14-38)13-22-30(19-11-8-16(31)12-21(19)36-27(30)40)23(18-4-3-5-20(32)24(18)33)26(37-22)42-28(41)35-17-9-6-15(7-10-17)25(34)39/h3-12,22-23,26,37-38H,13-14H2,1-2H3,(H2,34,39)(H,35,41)(H,36,40)/t22-,23-,26+,30+/m0/s1. The van der Waals surface area contributed by atoms with Gasteiger partial charge >= 0.3 is 6.09 Å². The van der Waals surface area contributed by atoms with Gasteiger partial charge in [0.15, 0.2) is 6.23 Å². The minimum atomic E-state index is -1.48. The molecule has 0 bridgehead atoms. The Kier molecular flexibility index (Phi) is 7.93. The molecule has 2 aliphatic heterocycles. The number of nitrogens with one attached hydrogen (secondary N) is 3. The van der Waals surface area contributed by atoms with Gasteiger partial charge in [0, 0.05) is 34.6 Å². The molecule has 1 saturated heterocycles. The van der Waals surface area contributed by atoms with Crippen molar-refractivity contribution in [1.82, 2.24) is 5.32 Å². The van der Waals surface area contributed by atoms with Gasteiger partial charge in [0.25, 0.3) is 0 Å². The van der Waals surface area contributed by atoms with Crippen LogP contribution in [0, 0.1) is 11.2 Å². The third-order valence-corrected chi connectivity index (χ3v) is 8.44. The SMILES string of the molecule is CC(C)(CO)C[C@@H]1N[C@H](OC(=O)Nc2ccc(C(N)=O)cc2)[C@H](c2cccc(Cl)c2F)[C@]12C(=O)Nc1cc(Cl)ccc12. The summed E-state index contributed by atoms with van der Waals surface area (Å²) in [7, 11) is 0. The fraction of sp³-hybridized carbons (Fsp3) is 0.300. The molecule has 3 aromatic rings. The van der Waals surface area contributed by atoms with Crippen LogP contribution in [0.25, 0.3) is 0 Å². The van der Waals surface area contributed by atoms with Crippen LogP contribution in [-0.4, -0.2) is 41.9 Å². The topological polar surface area (TPSA) is 143 Å². The lowest BCUT2D eigenvalue weighted by atomic mass is 9.63. The fourth-order valence-electron chi connectivity index (χ4n) is 5.95. The minimum Gasteiger partial charge on any atom is -0.429 e. The van der Waals surface area contributed by atoms with Gasteiger partial charge < -0.3 is 20.9 Å². The summed E-state index contributed by atoms with van der Waals surface area (Å²) in [5.41, 5.74) is 4.78. The summed E-state index contributed by atoms with van der Waals surface area (Å²) in [5, 5.41) is 19.1. The average molecular weight is 615 g/mol. The van der Waals surface area contributed by atoms with Crippen molar-refractivity contribution in [2.45, 2.75) is 43.9 Å². The molecule has 0 saturated carbocycles. The highest BCUT2D eigenvalue weighted by molar-refractivity contribution is 6.31. The Morgan fingerprint density at radius 2 is 1.86 bits per heavy atom. The number of aliphatic hydroxyl groups is 1. The smallest absolute Gasteiger partial charge is 0.413 e. The van der Waals surface area contributed by atoms with E-state index in [1.54, 1.807) is 24.3 Å². The molecule has 3 amide bonds. The first-order valence-electron chi connectivity index (χ1n) is 13.2. The number of amides is 3. The summed E-state index contributed by atoms with van der Waals surface area (Å²) in [6.07, 6.45) is -1.85. The van der Waals surface area contributed by atoms with E-state index >= 15 is 4.39 Å². The van der Waals surface area contributed by atoms with Crippen LogP contribution in [0.2, 0.25) is 10.0 Å². The van der Waals surface area contributed by atoms with E-state index in [1.807, 2.05) is 13.8 Å². The molecule has 0 unspecified atom stereocenters. The van der Waals surface area contributed by atoms with Crippen molar-refractivity contribution in [3.05, 3.63) is 93.2 Å². The molecule has 4 atom stereocenters. The second-order valence-corrected chi connectivity index (χ2v) is 12.1. The van der Waals surface area contributed by atoms with E-state index < -0.39 is 52.7 Å². The van der Waals surface area contributed by atoms with E-state index in [4.69, 9.17) is 33.7 Å². The van der Waals surface area contributed by atoms with Crippen LogP contribution in [0.1, 0.15) is 47.7 Å². The number of fused-ring (bicyclic) bond motifs is 2. The molecule has 9 nitrogen and oxygen atoms in total. The van der Waals surface area contributed by atoms with Crippen molar-refractivity contribution < 1.29 is 28.6 Å². The molecule has 0 aliphatic carbocycles. The van der Waals surface area contributed by atoms with Gasteiger partial charge in [-0.25, -0.2) is 9.18 Å². The van der Waals surface area contributed by atoms with Gasteiger partial charge in [-0.05, 0) is 65.4 Å². The monoisotopic (exact) mass is 614 g/mol. The first-order chi connectivity index (χ1) is 19.9. The maximum atomic E-state index is 15.8. The summed E-state index contributed by atoms with van der Waals surface area (Å²) in [6, 6.07) is 14.5. The zero-order valence-electron chi connectivity index (χ0n) is 22.7. The second kappa shape index (κ2) is 11.2. The molecule has 1 spiro atoms. The average Bonchev–Trinajstić information content (AvgIpc) is 3.39. The molecule has 6 N–H and O–H groups in total. The Labute approximate surface area is 251 Å².